The number of nitrogens with zero attached hydrogens (tertiary/aromatic N) is 2. The predicted molar refractivity (Wildman–Crippen MR) is 77.2 cm³/mol. The molecule has 1 aliphatic carbocycles. The maximum absolute atomic E-state index is 13.3. The summed E-state index contributed by atoms with van der Waals surface area (Å²) in [5.74, 6) is 0. The van der Waals surface area contributed by atoms with Crippen LogP contribution >= 0.6 is 0 Å². The molecule has 0 N–H and O–H groups in total. The molecule has 22 heavy (non-hydrogen) atoms. The minimum Gasteiger partial charge on any atom is -0.360 e. The summed E-state index contributed by atoms with van der Waals surface area (Å²) in [5.41, 5.74) is -1.96. The first-order valence-corrected chi connectivity index (χ1v) is 7.96. The van der Waals surface area contributed by atoms with Gasteiger partial charge in [0.05, 0.1) is 12.2 Å². The molecular formula is C16H25F3N2O. The molecule has 1 saturated carbocycles. The van der Waals surface area contributed by atoms with E-state index in [0.717, 1.165) is 25.7 Å². The van der Waals surface area contributed by atoms with Crippen molar-refractivity contribution in [1.82, 2.24) is 4.90 Å². The van der Waals surface area contributed by atoms with E-state index in [0.29, 0.717) is 6.42 Å². The third kappa shape index (κ3) is 3.41. The van der Waals surface area contributed by atoms with Crippen molar-refractivity contribution < 1.29 is 17.9 Å². The molecule has 0 bridgehead atoms. The lowest BCUT2D eigenvalue weighted by Crippen LogP contribution is -2.73. The van der Waals surface area contributed by atoms with Crippen LogP contribution in [-0.2, 0) is 4.74 Å². The van der Waals surface area contributed by atoms with E-state index < -0.39 is 17.9 Å². The van der Waals surface area contributed by atoms with E-state index in [-0.39, 0.29) is 24.5 Å². The van der Waals surface area contributed by atoms with Crippen LogP contribution in [0.5, 0.6) is 0 Å². The number of nitriles is 1. The minimum atomic E-state index is -4.32. The largest absolute Gasteiger partial charge is 0.419 e. The van der Waals surface area contributed by atoms with Crippen LogP contribution in [0.1, 0.15) is 52.9 Å². The fourth-order valence-corrected chi connectivity index (χ4v) is 3.67. The van der Waals surface area contributed by atoms with Crippen molar-refractivity contribution in [2.45, 2.75) is 76.8 Å². The fourth-order valence-electron chi connectivity index (χ4n) is 3.67. The fraction of sp³-hybridized carbons (Fsp3) is 0.938. The van der Waals surface area contributed by atoms with E-state index in [9.17, 15) is 13.2 Å². The summed E-state index contributed by atoms with van der Waals surface area (Å²) >= 11 is 0. The molecule has 3 nitrogen and oxygen atoms in total. The molecular weight excluding hydrogens is 293 g/mol. The molecule has 0 atom stereocenters. The van der Waals surface area contributed by atoms with Gasteiger partial charge >= 0.3 is 6.18 Å². The highest BCUT2D eigenvalue weighted by Gasteiger charge is 2.64. The van der Waals surface area contributed by atoms with Gasteiger partial charge in [0.2, 0.25) is 0 Å². The third-order valence-corrected chi connectivity index (χ3v) is 5.08. The number of likely N-dealkylation sites (tertiary alicyclic amines) is 1. The first-order chi connectivity index (χ1) is 10.1. The Balaban J connectivity index is 1.92. The number of hydrogen-bond donors (Lipinski definition) is 0. The molecule has 1 heterocycles. The van der Waals surface area contributed by atoms with Crippen LogP contribution in [0.25, 0.3) is 0 Å². The summed E-state index contributed by atoms with van der Waals surface area (Å²) in [6, 6.07) is 2.41. The summed E-state index contributed by atoms with van der Waals surface area (Å²) in [6.45, 7) is 5.27. The van der Waals surface area contributed by atoms with Crippen molar-refractivity contribution >= 4 is 0 Å². The first kappa shape index (κ1) is 17.6. The van der Waals surface area contributed by atoms with Crippen LogP contribution in [0.2, 0.25) is 0 Å². The lowest BCUT2D eigenvalue weighted by molar-refractivity contribution is -0.332. The zero-order valence-corrected chi connectivity index (χ0v) is 13.5. The molecule has 0 radical (unpaired) electrons. The average Bonchev–Trinajstić information content (AvgIpc) is 2.33. The molecule has 126 valence electrons. The van der Waals surface area contributed by atoms with Crippen molar-refractivity contribution in [2.24, 2.45) is 5.41 Å². The van der Waals surface area contributed by atoms with Crippen molar-refractivity contribution in [3.63, 3.8) is 0 Å². The number of alkyl halides is 3. The lowest BCUT2D eigenvalue weighted by Gasteiger charge is -2.55. The second-order valence-corrected chi connectivity index (χ2v) is 7.44. The van der Waals surface area contributed by atoms with Crippen LogP contribution in [0, 0.1) is 16.7 Å². The minimum absolute atomic E-state index is 0.0334. The Hall–Kier alpha value is -0.800. The van der Waals surface area contributed by atoms with Gasteiger partial charge in [-0.15, -0.1) is 0 Å². The summed E-state index contributed by atoms with van der Waals surface area (Å²) < 4.78 is 45.1. The standard InChI is InChI=1S/C16H25F3N2O/c1-12(2)22-15(16(17,18)19)10-21(11-15)13-4-6-14(3,7-5-13)8-9-20/h12-13H,4-8,10-11H2,1-3H3. The van der Waals surface area contributed by atoms with Gasteiger partial charge in [0.15, 0.2) is 5.60 Å². The normalized spacial score (nSPS) is 32.5. The smallest absolute Gasteiger partial charge is 0.360 e. The molecule has 2 fully saturated rings. The van der Waals surface area contributed by atoms with Gasteiger partial charge < -0.3 is 4.74 Å². The van der Waals surface area contributed by atoms with E-state index in [1.807, 2.05) is 4.90 Å². The van der Waals surface area contributed by atoms with Crippen LogP contribution in [0.15, 0.2) is 0 Å². The van der Waals surface area contributed by atoms with Gasteiger partial charge in [0.1, 0.15) is 0 Å². The van der Waals surface area contributed by atoms with Gasteiger partial charge in [-0.3, -0.25) is 4.90 Å². The third-order valence-electron chi connectivity index (χ3n) is 5.08. The van der Waals surface area contributed by atoms with Gasteiger partial charge in [0, 0.05) is 25.6 Å². The lowest BCUT2D eigenvalue weighted by atomic mass is 9.71. The molecule has 1 aliphatic heterocycles. The van der Waals surface area contributed by atoms with E-state index >= 15 is 0 Å². The van der Waals surface area contributed by atoms with Gasteiger partial charge in [-0.2, -0.15) is 18.4 Å². The zero-order valence-electron chi connectivity index (χ0n) is 13.5. The zero-order chi connectivity index (χ0) is 16.6. The Morgan fingerprint density at radius 3 is 2.23 bits per heavy atom. The van der Waals surface area contributed by atoms with E-state index in [2.05, 4.69) is 13.0 Å². The van der Waals surface area contributed by atoms with Gasteiger partial charge in [0.25, 0.3) is 0 Å². The molecule has 0 amide bonds. The van der Waals surface area contributed by atoms with Gasteiger partial charge in [-0.05, 0) is 44.9 Å². The Bertz CT molecular complexity index is 428. The summed E-state index contributed by atoms with van der Waals surface area (Å²) in [5, 5.41) is 8.86. The highest BCUT2D eigenvalue weighted by Crippen LogP contribution is 2.46. The number of halogens is 3. The molecule has 0 aromatic heterocycles. The Labute approximate surface area is 130 Å². The number of hydrogen-bond acceptors (Lipinski definition) is 3. The SMILES string of the molecule is CC(C)OC1(C(F)(F)F)CN(C2CCC(C)(CC#N)CC2)C1. The Morgan fingerprint density at radius 2 is 1.82 bits per heavy atom. The van der Waals surface area contributed by atoms with Crippen molar-refractivity contribution in [3.8, 4) is 6.07 Å². The van der Waals surface area contributed by atoms with Crippen LogP contribution in [0.4, 0.5) is 13.2 Å². The second-order valence-electron chi connectivity index (χ2n) is 7.44. The summed E-state index contributed by atoms with van der Waals surface area (Å²) in [7, 11) is 0. The van der Waals surface area contributed by atoms with Crippen molar-refractivity contribution in [1.29, 1.82) is 5.26 Å². The van der Waals surface area contributed by atoms with Gasteiger partial charge in [-0.1, -0.05) is 6.92 Å². The molecule has 0 aromatic rings. The van der Waals surface area contributed by atoms with E-state index in [1.165, 1.54) is 0 Å². The molecule has 1 saturated heterocycles. The van der Waals surface area contributed by atoms with E-state index in [4.69, 9.17) is 10.00 Å². The molecule has 0 aromatic carbocycles. The predicted octanol–water partition coefficient (Wildman–Crippen LogP) is 3.89. The highest BCUT2D eigenvalue weighted by molar-refractivity contribution is 5.06. The van der Waals surface area contributed by atoms with Crippen LogP contribution in [-0.4, -0.2) is 41.9 Å². The number of rotatable bonds is 4. The molecule has 2 aliphatic rings. The molecule has 0 spiro atoms. The molecule has 2 rings (SSSR count). The Kier molecular flexibility index (Phi) is 4.79. The Morgan fingerprint density at radius 1 is 1.27 bits per heavy atom. The second kappa shape index (κ2) is 6.01. The molecule has 6 heteroatoms. The molecule has 0 unspecified atom stereocenters. The topological polar surface area (TPSA) is 36.3 Å². The van der Waals surface area contributed by atoms with Crippen LogP contribution in [0.3, 0.4) is 0 Å². The number of ether oxygens (including phenoxy) is 1. The maximum Gasteiger partial charge on any atom is 0.419 e. The quantitative estimate of drug-likeness (QED) is 0.789. The van der Waals surface area contributed by atoms with Crippen LogP contribution < -0.4 is 0 Å². The van der Waals surface area contributed by atoms with Crippen molar-refractivity contribution in [3.05, 3.63) is 0 Å². The summed E-state index contributed by atoms with van der Waals surface area (Å²) in [6.07, 6.45) is -0.673. The summed E-state index contributed by atoms with van der Waals surface area (Å²) in [4.78, 5) is 1.90. The highest BCUT2D eigenvalue weighted by atomic mass is 19.4. The van der Waals surface area contributed by atoms with Crippen molar-refractivity contribution in [2.75, 3.05) is 13.1 Å². The van der Waals surface area contributed by atoms with E-state index in [1.54, 1.807) is 13.8 Å². The first-order valence-electron chi connectivity index (χ1n) is 7.96. The maximum atomic E-state index is 13.3. The monoisotopic (exact) mass is 318 g/mol. The average molecular weight is 318 g/mol. The van der Waals surface area contributed by atoms with Gasteiger partial charge in [-0.25, -0.2) is 0 Å².